The molecule has 0 aromatic carbocycles. The van der Waals surface area contributed by atoms with Gasteiger partial charge in [0.25, 0.3) is 0 Å². The summed E-state index contributed by atoms with van der Waals surface area (Å²) >= 11 is 5.62. The van der Waals surface area contributed by atoms with E-state index in [1.807, 2.05) is 0 Å². The molecule has 6 heteroatoms. The van der Waals surface area contributed by atoms with Crippen molar-refractivity contribution >= 4 is 21.4 Å². The zero-order valence-electron chi connectivity index (χ0n) is 6.05. The van der Waals surface area contributed by atoms with Crippen LogP contribution in [0.5, 0.6) is 0 Å². The van der Waals surface area contributed by atoms with E-state index in [9.17, 15) is 8.42 Å². The molecule has 0 aliphatic heterocycles. The topological polar surface area (TPSA) is 62.8 Å². The first-order valence-electron chi connectivity index (χ1n) is 2.83. The molecule has 1 N–H and O–H groups in total. The quantitative estimate of drug-likeness (QED) is 0.719. The molecule has 62 valence electrons. The minimum atomic E-state index is -3.29. The number of sulfone groups is 1. The highest BCUT2D eigenvalue weighted by molar-refractivity contribution is 7.90. The first-order valence-corrected chi connectivity index (χ1v) is 5.10. The number of aromatic nitrogens is 2. The van der Waals surface area contributed by atoms with Crippen LogP contribution >= 0.6 is 11.6 Å². The van der Waals surface area contributed by atoms with E-state index in [1.165, 1.54) is 0 Å². The standard InChI is InChI=1S/C5H7ClN2O2S/c1-3-4(6)5(8-7-3)11(2,9)10/h1-2H3,(H,7,8). The van der Waals surface area contributed by atoms with Crippen molar-refractivity contribution in [2.45, 2.75) is 11.9 Å². The number of nitrogens with one attached hydrogen (secondary N) is 1. The summed E-state index contributed by atoms with van der Waals surface area (Å²) in [6.45, 7) is 1.66. The number of rotatable bonds is 1. The first kappa shape index (κ1) is 8.55. The summed E-state index contributed by atoms with van der Waals surface area (Å²) in [7, 11) is -3.29. The van der Waals surface area contributed by atoms with Crippen molar-refractivity contribution < 1.29 is 8.42 Å². The van der Waals surface area contributed by atoms with Gasteiger partial charge in [-0.15, -0.1) is 0 Å². The fourth-order valence-corrected chi connectivity index (χ4v) is 1.83. The minimum Gasteiger partial charge on any atom is -0.280 e. The van der Waals surface area contributed by atoms with Crippen LogP contribution in [0.4, 0.5) is 0 Å². The van der Waals surface area contributed by atoms with Crippen LogP contribution in [-0.4, -0.2) is 24.9 Å². The van der Waals surface area contributed by atoms with Crippen molar-refractivity contribution in [3.05, 3.63) is 10.7 Å². The summed E-state index contributed by atoms with van der Waals surface area (Å²) in [5, 5.41) is 6.11. The number of hydrogen-bond acceptors (Lipinski definition) is 3. The van der Waals surface area contributed by atoms with Gasteiger partial charge in [-0.2, -0.15) is 5.10 Å². The average molecular weight is 195 g/mol. The lowest BCUT2D eigenvalue weighted by Gasteiger charge is -1.89. The summed E-state index contributed by atoms with van der Waals surface area (Å²) in [4.78, 5) is 0. The Morgan fingerprint density at radius 1 is 1.55 bits per heavy atom. The Kier molecular flexibility index (Phi) is 1.94. The lowest BCUT2D eigenvalue weighted by Crippen LogP contribution is -1.97. The summed E-state index contributed by atoms with van der Waals surface area (Å²) in [5.41, 5.74) is 0.562. The summed E-state index contributed by atoms with van der Waals surface area (Å²) in [6.07, 6.45) is 1.06. The monoisotopic (exact) mass is 194 g/mol. The van der Waals surface area contributed by atoms with Crippen LogP contribution in [-0.2, 0) is 9.84 Å². The molecule has 0 saturated carbocycles. The van der Waals surface area contributed by atoms with Crippen molar-refractivity contribution in [2.75, 3.05) is 6.26 Å². The molecule has 1 rings (SSSR count). The molecule has 0 unspecified atom stereocenters. The smallest absolute Gasteiger partial charge is 0.196 e. The maximum Gasteiger partial charge on any atom is 0.196 e. The normalized spacial score (nSPS) is 11.9. The van der Waals surface area contributed by atoms with Gasteiger partial charge in [0.1, 0.15) is 5.02 Å². The van der Waals surface area contributed by atoms with Gasteiger partial charge in [-0.25, -0.2) is 8.42 Å². The second kappa shape index (κ2) is 2.49. The van der Waals surface area contributed by atoms with Gasteiger partial charge in [0.05, 0.1) is 5.69 Å². The Morgan fingerprint density at radius 2 is 2.09 bits per heavy atom. The Bertz CT molecular complexity index is 368. The molecule has 0 aliphatic rings. The molecule has 0 saturated heterocycles. The zero-order chi connectivity index (χ0) is 8.65. The predicted octanol–water partition coefficient (Wildman–Crippen LogP) is 0.775. The Hall–Kier alpha value is -0.550. The fraction of sp³-hybridized carbons (Fsp3) is 0.400. The highest BCUT2D eigenvalue weighted by atomic mass is 35.5. The van der Waals surface area contributed by atoms with Crippen LogP contribution in [0.1, 0.15) is 5.69 Å². The van der Waals surface area contributed by atoms with E-state index in [4.69, 9.17) is 11.6 Å². The van der Waals surface area contributed by atoms with Gasteiger partial charge in [0, 0.05) is 6.26 Å². The Morgan fingerprint density at radius 3 is 2.27 bits per heavy atom. The predicted molar refractivity (Wildman–Crippen MR) is 41.4 cm³/mol. The highest BCUT2D eigenvalue weighted by Crippen LogP contribution is 2.20. The van der Waals surface area contributed by atoms with E-state index in [0.29, 0.717) is 5.69 Å². The zero-order valence-corrected chi connectivity index (χ0v) is 7.62. The van der Waals surface area contributed by atoms with E-state index in [1.54, 1.807) is 6.92 Å². The highest BCUT2D eigenvalue weighted by Gasteiger charge is 2.17. The van der Waals surface area contributed by atoms with Crippen LogP contribution < -0.4 is 0 Å². The third-order valence-corrected chi connectivity index (χ3v) is 2.77. The van der Waals surface area contributed by atoms with Crippen molar-refractivity contribution in [1.82, 2.24) is 10.2 Å². The summed E-state index contributed by atoms with van der Waals surface area (Å²) < 4.78 is 21.8. The van der Waals surface area contributed by atoms with Crippen molar-refractivity contribution in [3.63, 3.8) is 0 Å². The maximum absolute atomic E-state index is 10.9. The van der Waals surface area contributed by atoms with E-state index in [0.717, 1.165) is 6.26 Å². The molecule has 0 bridgehead atoms. The van der Waals surface area contributed by atoms with Crippen molar-refractivity contribution in [1.29, 1.82) is 0 Å². The Balaban J connectivity index is 3.38. The average Bonchev–Trinajstić information content (AvgIpc) is 2.11. The molecule has 1 aromatic rings. The minimum absolute atomic E-state index is 0.0864. The number of halogens is 1. The molecule has 0 spiro atoms. The van der Waals surface area contributed by atoms with Gasteiger partial charge in [-0.1, -0.05) is 11.6 Å². The number of H-pyrrole nitrogens is 1. The van der Waals surface area contributed by atoms with Crippen molar-refractivity contribution in [3.8, 4) is 0 Å². The van der Waals surface area contributed by atoms with E-state index in [2.05, 4.69) is 10.2 Å². The summed E-state index contributed by atoms with van der Waals surface area (Å²) in [5.74, 6) is 0. The maximum atomic E-state index is 10.9. The van der Waals surface area contributed by atoms with Gasteiger partial charge >= 0.3 is 0 Å². The second-order valence-corrected chi connectivity index (χ2v) is 4.55. The molecule has 0 atom stereocenters. The largest absolute Gasteiger partial charge is 0.280 e. The van der Waals surface area contributed by atoms with Crippen molar-refractivity contribution in [2.24, 2.45) is 0 Å². The first-order chi connectivity index (χ1) is 4.93. The molecule has 0 fully saturated rings. The van der Waals surface area contributed by atoms with E-state index < -0.39 is 9.84 Å². The van der Waals surface area contributed by atoms with Crippen LogP contribution in [0.15, 0.2) is 5.03 Å². The van der Waals surface area contributed by atoms with Gasteiger partial charge in [0.2, 0.25) is 0 Å². The molecule has 11 heavy (non-hydrogen) atoms. The molecular weight excluding hydrogens is 188 g/mol. The second-order valence-electron chi connectivity index (χ2n) is 2.24. The third kappa shape index (κ3) is 1.54. The number of nitrogens with zero attached hydrogens (tertiary/aromatic N) is 1. The lowest BCUT2D eigenvalue weighted by molar-refractivity contribution is 0.598. The SMILES string of the molecule is Cc1[nH]nc(S(C)(=O)=O)c1Cl. The van der Waals surface area contributed by atoms with Gasteiger partial charge < -0.3 is 0 Å². The summed E-state index contributed by atoms with van der Waals surface area (Å²) in [6, 6.07) is 0. The van der Waals surface area contributed by atoms with Gasteiger partial charge in [-0.05, 0) is 6.92 Å². The number of aromatic amines is 1. The molecule has 1 heterocycles. The molecule has 1 aromatic heterocycles. The molecule has 4 nitrogen and oxygen atoms in total. The van der Waals surface area contributed by atoms with E-state index >= 15 is 0 Å². The fourth-order valence-electron chi connectivity index (χ4n) is 0.639. The van der Waals surface area contributed by atoms with Gasteiger partial charge in [0.15, 0.2) is 14.9 Å². The van der Waals surface area contributed by atoms with Crippen LogP contribution in [0.25, 0.3) is 0 Å². The molecule has 0 aliphatic carbocycles. The molecule has 0 amide bonds. The lowest BCUT2D eigenvalue weighted by atomic mass is 10.5. The van der Waals surface area contributed by atoms with Gasteiger partial charge in [-0.3, -0.25) is 5.10 Å². The number of hydrogen-bond donors (Lipinski definition) is 1. The van der Waals surface area contributed by atoms with Crippen LogP contribution in [0.3, 0.4) is 0 Å². The third-order valence-electron chi connectivity index (χ3n) is 1.19. The Labute approximate surface area is 69.5 Å². The molecular formula is C5H7ClN2O2S. The molecule has 0 radical (unpaired) electrons. The van der Waals surface area contributed by atoms with Crippen LogP contribution in [0.2, 0.25) is 5.02 Å². The van der Waals surface area contributed by atoms with E-state index in [-0.39, 0.29) is 10.0 Å². The number of aryl methyl sites for hydroxylation is 1. The van der Waals surface area contributed by atoms with Crippen LogP contribution in [0, 0.1) is 6.92 Å².